The number of anilines is 1. The molecule has 0 aliphatic rings. The van der Waals surface area contributed by atoms with E-state index in [0.717, 1.165) is 0 Å². The number of nitrogen functional groups attached to an aromatic ring is 1. The van der Waals surface area contributed by atoms with E-state index in [4.69, 9.17) is 17.3 Å². The van der Waals surface area contributed by atoms with Crippen LogP contribution in [0.1, 0.15) is 5.82 Å². The number of hydrogen-bond donors (Lipinski definition) is 1. The zero-order valence-electron chi connectivity index (χ0n) is 8.61. The van der Waals surface area contributed by atoms with Crippen molar-refractivity contribution in [1.82, 2.24) is 39.8 Å². The first-order chi connectivity index (χ1) is 8.18. The fraction of sp³-hybridized carbons (Fsp3) is 0.143. The molecule has 0 aromatic carbocycles. The van der Waals surface area contributed by atoms with E-state index in [2.05, 4.69) is 30.6 Å². The Morgan fingerprint density at radius 1 is 1.41 bits per heavy atom. The van der Waals surface area contributed by atoms with Gasteiger partial charge in [-0.3, -0.25) is 0 Å². The van der Waals surface area contributed by atoms with Gasteiger partial charge in [-0.25, -0.2) is 0 Å². The van der Waals surface area contributed by atoms with E-state index >= 15 is 0 Å². The lowest BCUT2D eigenvalue weighted by Crippen LogP contribution is -2.11. The quantitative estimate of drug-likeness (QED) is 0.588. The number of aryl methyl sites for hydroxylation is 1. The molecule has 86 valence electrons. The molecule has 9 nitrogen and oxygen atoms in total. The van der Waals surface area contributed by atoms with Gasteiger partial charge >= 0.3 is 0 Å². The minimum absolute atomic E-state index is 0.165. The third-order valence-corrected chi connectivity index (χ3v) is 2.49. The van der Waals surface area contributed by atoms with E-state index in [1.54, 1.807) is 6.92 Å². The minimum atomic E-state index is 0.165. The van der Waals surface area contributed by atoms with Gasteiger partial charge in [0.1, 0.15) is 12.0 Å². The van der Waals surface area contributed by atoms with Crippen LogP contribution in [0.4, 0.5) is 5.82 Å². The molecule has 17 heavy (non-hydrogen) atoms. The fourth-order valence-electron chi connectivity index (χ4n) is 1.46. The van der Waals surface area contributed by atoms with Gasteiger partial charge in [0.05, 0.1) is 0 Å². The van der Waals surface area contributed by atoms with Crippen molar-refractivity contribution in [3.63, 3.8) is 0 Å². The second-order valence-corrected chi connectivity index (χ2v) is 3.60. The van der Waals surface area contributed by atoms with E-state index in [0.29, 0.717) is 17.3 Å². The number of hydrogen-bond acceptors (Lipinski definition) is 7. The van der Waals surface area contributed by atoms with Gasteiger partial charge in [-0.1, -0.05) is 11.6 Å². The normalized spacial score (nSPS) is 11.2. The predicted molar refractivity (Wildman–Crippen MR) is 57.7 cm³/mol. The number of nitrogens with zero attached hydrogens (tertiary/aromatic N) is 8. The number of aromatic nitrogens is 8. The highest BCUT2D eigenvalue weighted by Gasteiger charge is 2.17. The first-order valence-corrected chi connectivity index (χ1v) is 4.96. The lowest BCUT2D eigenvalue weighted by molar-refractivity contribution is 0.769. The molecule has 0 atom stereocenters. The average molecular weight is 252 g/mol. The monoisotopic (exact) mass is 251 g/mol. The van der Waals surface area contributed by atoms with Crippen LogP contribution in [0.15, 0.2) is 6.33 Å². The standard InChI is InChI=1S/C7H6ClN9/c1-3-13-14-15-16(3)4-5(8)12-7-10-2-11-17(7)6(4)9/h2H,9H2,1H3. The van der Waals surface area contributed by atoms with Crippen LogP contribution in [0.5, 0.6) is 0 Å². The van der Waals surface area contributed by atoms with E-state index in [-0.39, 0.29) is 11.0 Å². The number of halogens is 1. The molecule has 3 rings (SSSR count). The van der Waals surface area contributed by atoms with Gasteiger partial charge in [0.25, 0.3) is 5.78 Å². The molecule has 10 heteroatoms. The first kappa shape index (κ1) is 9.90. The smallest absolute Gasteiger partial charge is 0.255 e. The Morgan fingerprint density at radius 3 is 2.94 bits per heavy atom. The summed E-state index contributed by atoms with van der Waals surface area (Å²) < 4.78 is 2.76. The van der Waals surface area contributed by atoms with Crippen molar-refractivity contribution in [2.24, 2.45) is 0 Å². The Balaban J connectivity index is 2.40. The molecule has 0 unspecified atom stereocenters. The summed E-state index contributed by atoms with van der Waals surface area (Å²) in [6, 6.07) is 0. The molecule has 2 N–H and O–H groups in total. The predicted octanol–water partition coefficient (Wildman–Crippen LogP) is -0.356. The van der Waals surface area contributed by atoms with Crippen LogP contribution in [-0.4, -0.2) is 39.8 Å². The number of fused-ring (bicyclic) bond motifs is 1. The van der Waals surface area contributed by atoms with Gasteiger partial charge in [0.2, 0.25) is 0 Å². The molecule has 3 aromatic rings. The minimum Gasteiger partial charge on any atom is -0.382 e. The summed E-state index contributed by atoms with van der Waals surface area (Å²) in [4.78, 5) is 7.95. The van der Waals surface area contributed by atoms with Gasteiger partial charge in [-0.2, -0.15) is 24.3 Å². The zero-order valence-corrected chi connectivity index (χ0v) is 9.37. The van der Waals surface area contributed by atoms with Crippen molar-refractivity contribution in [1.29, 1.82) is 0 Å². The SMILES string of the molecule is Cc1nnnn1-c1c(Cl)nc2ncnn2c1N. The highest BCUT2D eigenvalue weighted by atomic mass is 35.5. The van der Waals surface area contributed by atoms with Gasteiger partial charge in [0.15, 0.2) is 16.8 Å². The molecule has 0 fully saturated rings. The van der Waals surface area contributed by atoms with Crippen molar-refractivity contribution in [2.45, 2.75) is 6.92 Å². The van der Waals surface area contributed by atoms with Crippen molar-refractivity contribution < 1.29 is 0 Å². The maximum absolute atomic E-state index is 6.04. The van der Waals surface area contributed by atoms with Gasteiger partial charge in [-0.05, 0) is 17.4 Å². The maximum Gasteiger partial charge on any atom is 0.255 e. The van der Waals surface area contributed by atoms with Crippen molar-refractivity contribution in [3.05, 3.63) is 17.3 Å². The molecule has 3 aromatic heterocycles. The Labute approximate surface area is 99.2 Å². The lowest BCUT2D eigenvalue weighted by Gasteiger charge is -2.08. The Morgan fingerprint density at radius 2 is 2.24 bits per heavy atom. The Hall–Kier alpha value is -2.29. The van der Waals surface area contributed by atoms with E-state index < -0.39 is 0 Å². The Kier molecular flexibility index (Phi) is 1.95. The second-order valence-electron chi connectivity index (χ2n) is 3.25. The summed E-state index contributed by atoms with van der Waals surface area (Å²) in [5, 5.41) is 15.2. The Bertz CT molecular complexity index is 699. The van der Waals surface area contributed by atoms with E-state index in [1.165, 1.54) is 15.5 Å². The molecular formula is C7H6ClN9. The van der Waals surface area contributed by atoms with Crippen LogP contribution in [-0.2, 0) is 0 Å². The van der Waals surface area contributed by atoms with Crippen molar-refractivity contribution in [2.75, 3.05) is 5.73 Å². The highest BCUT2D eigenvalue weighted by Crippen LogP contribution is 2.24. The number of nitrogens with two attached hydrogens (primary N) is 1. The summed E-state index contributed by atoms with van der Waals surface area (Å²) in [5.74, 6) is 1.13. The molecule has 0 radical (unpaired) electrons. The largest absolute Gasteiger partial charge is 0.382 e. The van der Waals surface area contributed by atoms with E-state index in [1.807, 2.05) is 0 Å². The summed E-state index contributed by atoms with van der Waals surface area (Å²) in [6.45, 7) is 1.72. The summed E-state index contributed by atoms with van der Waals surface area (Å²) in [7, 11) is 0. The topological polar surface area (TPSA) is 113 Å². The first-order valence-electron chi connectivity index (χ1n) is 4.58. The summed E-state index contributed by atoms with van der Waals surface area (Å²) >= 11 is 6.04. The second kappa shape index (κ2) is 3.35. The third-order valence-electron chi connectivity index (χ3n) is 2.23. The molecule has 0 aliphatic carbocycles. The van der Waals surface area contributed by atoms with Crippen LogP contribution in [0.2, 0.25) is 5.15 Å². The van der Waals surface area contributed by atoms with Crippen molar-refractivity contribution >= 4 is 23.2 Å². The van der Waals surface area contributed by atoms with Crippen LogP contribution in [0.25, 0.3) is 11.5 Å². The van der Waals surface area contributed by atoms with Crippen molar-refractivity contribution in [3.8, 4) is 5.69 Å². The lowest BCUT2D eigenvalue weighted by atomic mass is 10.4. The molecule has 0 saturated heterocycles. The van der Waals surface area contributed by atoms with Crippen LogP contribution >= 0.6 is 11.6 Å². The van der Waals surface area contributed by atoms with Gasteiger partial charge < -0.3 is 5.73 Å². The fourth-order valence-corrected chi connectivity index (χ4v) is 1.72. The summed E-state index contributed by atoms with van der Waals surface area (Å²) in [5.41, 5.74) is 6.33. The molecular weight excluding hydrogens is 246 g/mol. The summed E-state index contributed by atoms with van der Waals surface area (Å²) in [6.07, 6.45) is 1.34. The number of tetrazole rings is 1. The average Bonchev–Trinajstić information content (AvgIpc) is 2.88. The van der Waals surface area contributed by atoms with Crippen LogP contribution < -0.4 is 5.73 Å². The highest BCUT2D eigenvalue weighted by molar-refractivity contribution is 6.31. The molecule has 0 aliphatic heterocycles. The molecule has 3 heterocycles. The maximum atomic E-state index is 6.04. The zero-order chi connectivity index (χ0) is 12.0. The van der Waals surface area contributed by atoms with Crippen LogP contribution in [0, 0.1) is 6.92 Å². The van der Waals surface area contributed by atoms with Gasteiger partial charge in [0, 0.05) is 0 Å². The number of rotatable bonds is 1. The van der Waals surface area contributed by atoms with Crippen LogP contribution in [0.3, 0.4) is 0 Å². The van der Waals surface area contributed by atoms with E-state index in [9.17, 15) is 0 Å². The molecule has 0 saturated carbocycles. The molecule has 0 amide bonds. The van der Waals surface area contributed by atoms with Gasteiger partial charge in [-0.15, -0.1) is 5.10 Å². The third kappa shape index (κ3) is 1.32. The molecule has 0 spiro atoms. The molecule has 0 bridgehead atoms.